The van der Waals surface area contributed by atoms with Gasteiger partial charge in [0.25, 0.3) is 0 Å². The molecule has 2 heterocycles. The van der Waals surface area contributed by atoms with Gasteiger partial charge in [-0.2, -0.15) is 5.10 Å². The third-order valence-electron chi connectivity index (χ3n) is 2.48. The van der Waals surface area contributed by atoms with Crippen LogP contribution in [0.1, 0.15) is 5.01 Å². The topological polar surface area (TPSA) is 67.6 Å². The van der Waals surface area contributed by atoms with Gasteiger partial charge in [0.1, 0.15) is 5.82 Å². The minimum absolute atomic E-state index is 0.582. The molecule has 0 fully saturated rings. The molecular formula is C11H10N4S. The standard InChI is InChI=1S/C11H10N4S/c1-6-14-10-7(3-2-4-9(10)16-6)8-5-13-15-11(8)12/h2-5H,1H3,(H3,12,13,15). The highest BCUT2D eigenvalue weighted by molar-refractivity contribution is 7.18. The van der Waals surface area contributed by atoms with Gasteiger partial charge in [-0.1, -0.05) is 12.1 Å². The van der Waals surface area contributed by atoms with Crippen molar-refractivity contribution >= 4 is 27.4 Å². The molecule has 3 rings (SSSR count). The number of nitrogens with one attached hydrogen (secondary N) is 1. The fraction of sp³-hybridized carbons (Fsp3) is 0.0909. The van der Waals surface area contributed by atoms with E-state index in [1.807, 2.05) is 19.1 Å². The number of anilines is 1. The number of aromatic nitrogens is 3. The predicted octanol–water partition coefficient (Wildman–Crippen LogP) is 2.58. The molecule has 2 aromatic heterocycles. The lowest BCUT2D eigenvalue weighted by Gasteiger charge is -1.99. The Morgan fingerprint density at radius 2 is 2.19 bits per heavy atom. The Balaban J connectivity index is 2.35. The van der Waals surface area contributed by atoms with Crippen molar-refractivity contribution in [3.8, 4) is 11.1 Å². The molecule has 0 bridgehead atoms. The number of nitrogens with zero attached hydrogens (tertiary/aromatic N) is 2. The van der Waals surface area contributed by atoms with Gasteiger partial charge in [0, 0.05) is 11.1 Å². The Morgan fingerprint density at radius 1 is 1.31 bits per heavy atom. The smallest absolute Gasteiger partial charge is 0.126 e. The summed E-state index contributed by atoms with van der Waals surface area (Å²) in [6.07, 6.45) is 1.73. The first-order valence-corrected chi connectivity index (χ1v) is 5.73. The zero-order valence-electron chi connectivity index (χ0n) is 8.69. The van der Waals surface area contributed by atoms with Crippen LogP contribution in [0.4, 0.5) is 5.82 Å². The van der Waals surface area contributed by atoms with Gasteiger partial charge in [-0.05, 0) is 13.0 Å². The molecule has 16 heavy (non-hydrogen) atoms. The van der Waals surface area contributed by atoms with Crippen LogP contribution >= 0.6 is 11.3 Å². The molecule has 0 radical (unpaired) electrons. The molecule has 4 nitrogen and oxygen atoms in total. The summed E-state index contributed by atoms with van der Waals surface area (Å²) in [6.45, 7) is 2.01. The lowest BCUT2D eigenvalue weighted by atomic mass is 10.1. The van der Waals surface area contributed by atoms with Crippen molar-refractivity contribution in [3.05, 3.63) is 29.4 Å². The van der Waals surface area contributed by atoms with Gasteiger partial charge in [-0.25, -0.2) is 4.98 Å². The number of hydrogen-bond donors (Lipinski definition) is 2. The molecule has 1 aromatic carbocycles. The van der Waals surface area contributed by atoms with E-state index in [4.69, 9.17) is 5.73 Å². The number of para-hydroxylation sites is 1. The number of rotatable bonds is 1. The second kappa shape index (κ2) is 3.31. The second-order valence-electron chi connectivity index (χ2n) is 3.58. The summed E-state index contributed by atoms with van der Waals surface area (Å²) in [6, 6.07) is 6.10. The highest BCUT2D eigenvalue weighted by Crippen LogP contribution is 2.33. The summed E-state index contributed by atoms with van der Waals surface area (Å²) in [5.74, 6) is 0.582. The molecule has 0 aliphatic heterocycles. The number of thiazole rings is 1. The van der Waals surface area contributed by atoms with E-state index < -0.39 is 0 Å². The zero-order valence-corrected chi connectivity index (χ0v) is 9.51. The molecule has 0 saturated carbocycles. The molecule has 80 valence electrons. The van der Waals surface area contributed by atoms with Crippen molar-refractivity contribution in [2.45, 2.75) is 6.92 Å². The number of aromatic amines is 1. The maximum Gasteiger partial charge on any atom is 0.126 e. The zero-order chi connectivity index (χ0) is 11.1. The van der Waals surface area contributed by atoms with Crippen LogP contribution in [0.15, 0.2) is 24.4 Å². The van der Waals surface area contributed by atoms with Gasteiger partial charge in [0.15, 0.2) is 0 Å². The molecule has 0 spiro atoms. The van der Waals surface area contributed by atoms with Crippen molar-refractivity contribution in [1.29, 1.82) is 0 Å². The normalized spacial score (nSPS) is 11.1. The molecular weight excluding hydrogens is 220 g/mol. The summed E-state index contributed by atoms with van der Waals surface area (Å²) in [5, 5.41) is 7.74. The first-order chi connectivity index (χ1) is 7.75. The summed E-state index contributed by atoms with van der Waals surface area (Å²) in [5.41, 5.74) is 8.77. The molecule has 0 amide bonds. The Kier molecular flexibility index (Phi) is 1.94. The molecule has 5 heteroatoms. The fourth-order valence-corrected chi connectivity index (χ4v) is 2.64. The van der Waals surface area contributed by atoms with Gasteiger partial charge in [0.05, 0.1) is 21.4 Å². The van der Waals surface area contributed by atoms with E-state index in [2.05, 4.69) is 21.2 Å². The molecule has 0 aliphatic carbocycles. The number of benzene rings is 1. The predicted molar refractivity (Wildman–Crippen MR) is 66.4 cm³/mol. The molecule has 0 unspecified atom stereocenters. The highest BCUT2D eigenvalue weighted by atomic mass is 32.1. The number of fused-ring (bicyclic) bond motifs is 1. The van der Waals surface area contributed by atoms with Crippen LogP contribution in [0.2, 0.25) is 0 Å². The average Bonchev–Trinajstić information content (AvgIpc) is 2.82. The van der Waals surface area contributed by atoms with E-state index >= 15 is 0 Å². The van der Waals surface area contributed by atoms with Crippen molar-refractivity contribution in [1.82, 2.24) is 15.2 Å². The summed E-state index contributed by atoms with van der Waals surface area (Å²) >= 11 is 1.69. The molecule has 0 atom stereocenters. The van der Waals surface area contributed by atoms with Gasteiger partial charge in [0.2, 0.25) is 0 Å². The van der Waals surface area contributed by atoms with Crippen LogP contribution in [0, 0.1) is 6.92 Å². The number of hydrogen-bond acceptors (Lipinski definition) is 4. The lowest BCUT2D eigenvalue weighted by molar-refractivity contribution is 1.10. The van der Waals surface area contributed by atoms with E-state index in [-0.39, 0.29) is 0 Å². The molecule has 3 aromatic rings. The minimum Gasteiger partial charge on any atom is -0.384 e. The van der Waals surface area contributed by atoms with Gasteiger partial charge in [-0.3, -0.25) is 5.10 Å². The maximum absolute atomic E-state index is 5.83. The lowest BCUT2D eigenvalue weighted by Crippen LogP contribution is -1.88. The van der Waals surface area contributed by atoms with Crippen LogP contribution in [0.25, 0.3) is 21.3 Å². The fourth-order valence-electron chi connectivity index (χ4n) is 1.79. The third-order valence-corrected chi connectivity index (χ3v) is 3.42. The first-order valence-electron chi connectivity index (χ1n) is 4.91. The maximum atomic E-state index is 5.83. The Labute approximate surface area is 96.1 Å². The number of nitrogens with two attached hydrogens (primary N) is 1. The number of aryl methyl sites for hydroxylation is 1. The monoisotopic (exact) mass is 230 g/mol. The van der Waals surface area contributed by atoms with Gasteiger partial charge >= 0.3 is 0 Å². The largest absolute Gasteiger partial charge is 0.384 e. The first kappa shape index (κ1) is 9.35. The van der Waals surface area contributed by atoms with E-state index in [1.54, 1.807) is 17.5 Å². The van der Waals surface area contributed by atoms with Crippen molar-refractivity contribution in [2.24, 2.45) is 0 Å². The minimum atomic E-state index is 0.582. The van der Waals surface area contributed by atoms with Crippen LogP contribution in [-0.2, 0) is 0 Å². The Morgan fingerprint density at radius 3 is 2.94 bits per heavy atom. The summed E-state index contributed by atoms with van der Waals surface area (Å²) in [7, 11) is 0. The van der Waals surface area contributed by atoms with Crippen LogP contribution in [0.5, 0.6) is 0 Å². The van der Waals surface area contributed by atoms with Crippen LogP contribution < -0.4 is 5.73 Å². The van der Waals surface area contributed by atoms with Gasteiger partial charge in [-0.15, -0.1) is 11.3 Å². The SMILES string of the molecule is Cc1nc2c(-c3cn[nH]c3N)cccc2s1. The van der Waals surface area contributed by atoms with Gasteiger partial charge < -0.3 is 5.73 Å². The quantitative estimate of drug-likeness (QED) is 0.675. The summed E-state index contributed by atoms with van der Waals surface area (Å²) in [4.78, 5) is 4.53. The Hall–Kier alpha value is -1.88. The molecule has 3 N–H and O–H groups in total. The molecule has 0 aliphatic rings. The summed E-state index contributed by atoms with van der Waals surface area (Å²) < 4.78 is 1.18. The average molecular weight is 230 g/mol. The van der Waals surface area contributed by atoms with E-state index in [1.165, 1.54) is 4.70 Å². The van der Waals surface area contributed by atoms with Crippen molar-refractivity contribution < 1.29 is 0 Å². The molecule has 0 saturated heterocycles. The second-order valence-corrected chi connectivity index (χ2v) is 4.82. The van der Waals surface area contributed by atoms with E-state index in [9.17, 15) is 0 Å². The number of H-pyrrole nitrogens is 1. The van der Waals surface area contributed by atoms with Crippen molar-refractivity contribution in [2.75, 3.05) is 5.73 Å². The number of nitrogen functional groups attached to an aromatic ring is 1. The van der Waals surface area contributed by atoms with Crippen LogP contribution in [0.3, 0.4) is 0 Å². The highest BCUT2D eigenvalue weighted by Gasteiger charge is 2.11. The Bertz CT molecular complexity index is 653. The van der Waals surface area contributed by atoms with Crippen molar-refractivity contribution in [3.63, 3.8) is 0 Å². The van der Waals surface area contributed by atoms with Crippen LogP contribution in [-0.4, -0.2) is 15.2 Å². The third kappa shape index (κ3) is 1.29. The van der Waals surface area contributed by atoms with E-state index in [0.717, 1.165) is 21.7 Å². The van der Waals surface area contributed by atoms with E-state index in [0.29, 0.717) is 5.82 Å².